The van der Waals surface area contributed by atoms with E-state index in [0.29, 0.717) is 18.1 Å². The molecule has 0 unspecified atom stereocenters. The highest BCUT2D eigenvalue weighted by molar-refractivity contribution is 7.21. The first-order valence-electron chi connectivity index (χ1n) is 10.2. The molecule has 1 aliphatic rings. The normalized spacial score (nSPS) is 14.8. The molecule has 8 nitrogen and oxygen atoms in total. The standard InChI is InChI=1S/C22H22N6O2S/c1-15-11-19(26-30-15)25-20(29)13-27-7-9-28(10-8-27)21-17-12-18(16-5-3-2-4-6-16)31-22(17)24-14-23-21/h2-6,11-12,14H,7-10,13H2,1H3,(H,25,26,29). The van der Waals surface area contributed by atoms with Crippen molar-refractivity contribution in [3.8, 4) is 10.4 Å². The maximum Gasteiger partial charge on any atom is 0.239 e. The quantitative estimate of drug-likeness (QED) is 0.515. The number of carbonyl (C=O) groups excluding carboxylic acids is 1. The fourth-order valence-electron chi connectivity index (χ4n) is 3.77. The lowest BCUT2D eigenvalue weighted by Gasteiger charge is -2.35. The van der Waals surface area contributed by atoms with Crippen molar-refractivity contribution in [1.29, 1.82) is 0 Å². The van der Waals surface area contributed by atoms with E-state index in [2.05, 4.69) is 48.4 Å². The maximum absolute atomic E-state index is 12.3. The van der Waals surface area contributed by atoms with Gasteiger partial charge in [0.15, 0.2) is 5.82 Å². The summed E-state index contributed by atoms with van der Waals surface area (Å²) in [6.07, 6.45) is 1.64. The summed E-state index contributed by atoms with van der Waals surface area (Å²) in [6.45, 7) is 5.30. The summed E-state index contributed by atoms with van der Waals surface area (Å²) in [6, 6.07) is 14.2. The number of benzene rings is 1. The van der Waals surface area contributed by atoms with Gasteiger partial charge in [-0.3, -0.25) is 9.69 Å². The summed E-state index contributed by atoms with van der Waals surface area (Å²) >= 11 is 1.69. The number of fused-ring (bicyclic) bond motifs is 1. The van der Waals surface area contributed by atoms with Crippen LogP contribution in [0.1, 0.15) is 5.76 Å². The smallest absolute Gasteiger partial charge is 0.239 e. The second kappa shape index (κ2) is 8.44. The summed E-state index contributed by atoms with van der Waals surface area (Å²) in [5, 5.41) is 7.67. The molecule has 1 saturated heterocycles. The Kier molecular flexibility index (Phi) is 5.35. The second-order valence-electron chi connectivity index (χ2n) is 7.53. The molecule has 0 radical (unpaired) electrons. The van der Waals surface area contributed by atoms with Crippen LogP contribution in [0.4, 0.5) is 11.6 Å². The van der Waals surface area contributed by atoms with Crippen molar-refractivity contribution in [3.63, 3.8) is 0 Å². The molecular formula is C22H22N6O2S. The number of piperazine rings is 1. The molecule has 158 valence electrons. The Morgan fingerprint density at radius 2 is 1.94 bits per heavy atom. The van der Waals surface area contributed by atoms with Crippen LogP contribution in [0.25, 0.3) is 20.7 Å². The van der Waals surface area contributed by atoms with Crippen LogP contribution in [0.2, 0.25) is 0 Å². The fourth-order valence-corrected chi connectivity index (χ4v) is 4.77. The van der Waals surface area contributed by atoms with Crippen LogP contribution in [0.5, 0.6) is 0 Å². The second-order valence-corrected chi connectivity index (χ2v) is 8.56. The molecule has 1 N–H and O–H groups in total. The first-order chi connectivity index (χ1) is 15.2. The Morgan fingerprint density at radius 1 is 1.13 bits per heavy atom. The summed E-state index contributed by atoms with van der Waals surface area (Å²) < 4.78 is 4.99. The van der Waals surface area contributed by atoms with Gasteiger partial charge in [-0.15, -0.1) is 11.3 Å². The summed E-state index contributed by atoms with van der Waals surface area (Å²) in [4.78, 5) is 28.0. The lowest BCUT2D eigenvalue weighted by molar-refractivity contribution is -0.117. The van der Waals surface area contributed by atoms with Gasteiger partial charge in [0.05, 0.1) is 11.9 Å². The van der Waals surface area contributed by atoms with Gasteiger partial charge in [0.1, 0.15) is 22.7 Å². The Hall–Kier alpha value is -3.30. The molecule has 0 saturated carbocycles. The molecule has 1 amide bonds. The third-order valence-electron chi connectivity index (χ3n) is 5.30. The summed E-state index contributed by atoms with van der Waals surface area (Å²) in [5.41, 5.74) is 1.19. The lowest BCUT2D eigenvalue weighted by atomic mass is 10.2. The Labute approximate surface area is 183 Å². The number of amides is 1. The van der Waals surface area contributed by atoms with Crippen LogP contribution in [0, 0.1) is 6.92 Å². The van der Waals surface area contributed by atoms with Crippen LogP contribution < -0.4 is 10.2 Å². The van der Waals surface area contributed by atoms with Crippen molar-refractivity contribution in [3.05, 3.63) is 54.6 Å². The molecular weight excluding hydrogens is 412 g/mol. The number of anilines is 2. The predicted molar refractivity (Wildman–Crippen MR) is 121 cm³/mol. The van der Waals surface area contributed by atoms with Gasteiger partial charge < -0.3 is 14.7 Å². The van der Waals surface area contributed by atoms with Gasteiger partial charge in [0.25, 0.3) is 0 Å². The number of hydrogen-bond donors (Lipinski definition) is 1. The molecule has 1 fully saturated rings. The van der Waals surface area contributed by atoms with Crippen molar-refractivity contribution in [2.24, 2.45) is 0 Å². The zero-order valence-electron chi connectivity index (χ0n) is 17.1. The van der Waals surface area contributed by atoms with Gasteiger partial charge in [-0.2, -0.15) is 0 Å². The van der Waals surface area contributed by atoms with Crippen LogP contribution in [0.3, 0.4) is 0 Å². The first kappa shape index (κ1) is 19.7. The van der Waals surface area contributed by atoms with E-state index in [1.807, 2.05) is 18.2 Å². The average molecular weight is 435 g/mol. The first-order valence-corrected chi connectivity index (χ1v) is 11.0. The molecule has 0 aliphatic carbocycles. The van der Waals surface area contributed by atoms with E-state index in [-0.39, 0.29) is 5.91 Å². The SMILES string of the molecule is Cc1cc(NC(=O)CN2CCN(c3ncnc4sc(-c5ccccc5)cc34)CC2)no1. The highest BCUT2D eigenvalue weighted by atomic mass is 32.1. The van der Waals surface area contributed by atoms with E-state index in [9.17, 15) is 4.79 Å². The zero-order chi connectivity index (χ0) is 21.2. The molecule has 0 atom stereocenters. The van der Waals surface area contributed by atoms with Crippen LogP contribution in [-0.4, -0.2) is 58.7 Å². The highest BCUT2D eigenvalue weighted by Crippen LogP contribution is 2.36. The maximum atomic E-state index is 12.3. The van der Waals surface area contributed by atoms with E-state index < -0.39 is 0 Å². The summed E-state index contributed by atoms with van der Waals surface area (Å²) in [5.74, 6) is 2.00. The third kappa shape index (κ3) is 4.28. The van der Waals surface area contributed by atoms with Crippen molar-refractivity contribution >= 4 is 39.1 Å². The number of rotatable bonds is 5. The number of aryl methyl sites for hydroxylation is 1. The van der Waals surface area contributed by atoms with Crippen molar-refractivity contribution in [2.75, 3.05) is 42.9 Å². The predicted octanol–water partition coefficient (Wildman–Crippen LogP) is 3.42. The van der Waals surface area contributed by atoms with Crippen LogP contribution >= 0.6 is 11.3 Å². The molecule has 5 rings (SSSR count). The minimum atomic E-state index is -0.0866. The van der Waals surface area contributed by atoms with Crippen LogP contribution in [0.15, 0.2) is 53.3 Å². The minimum Gasteiger partial charge on any atom is -0.360 e. The molecule has 9 heteroatoms. The highest BCUT2D eigenvalue weighted by Gasteiger charge is 2.22. The monoisotopic (exact) mass is 434 g/mol. The lowest BCUT2D eigenvalue weighted by Crippen LogP contribution is -2.49. The van der Waals surface area contributed by atoms with Crippen molar-refractivity contribution in [2.45, 2.75) is 6.92 Å². The number of thiophene rings is 1. The molecule has 1 aromatic carbocycles. The number of aromatic nitrogens is 3. The van der Waals surface area contributed by atoms with E-state index in [1.54, 1.807) is 30.7 Å². The van der Waals surface area contributed by atoms with Gasteiger partial charge in [-0.1, -0.05) is 35.5 Å². The number of nitrogens with one attached hydrogen (secondary N) is 1. The third-order valence-corrected chi connectivity index (χ3v) is 6.39. The van der Waals surface area contributed by atoms with Crippen LogP contribution in [-0.2, 0) is 4.79 Å². The molecule has 1 aliphatic heterocycles. The van der Waals surface area contributed by atoms with Gasteiger partial charge in [0, 0.05) is 37.1 Å². The van der Waals surface area contributed by atoms with Gasteiger partial charge in [0.2, 0.25) is 5.91 Å². The van der Waals surface area contributed by atoms with E-state index >= 15 is 0 Å². The van der Waals surface area contributed by atoms with E-state index in [0.717, 1.165) is 42.2 Å². The minimum absolute atomic E-state index is 0.0866. The molecule has 4 aromatic rings. The molecule has 0 bridgehead atoms. The Morgan fingerprint density at radius 3 is 2.68 bits per heavy atom. The molecule has 4 heterocycles. The van der Waals surface area contributed by atoms with Gasteiger partial charge in [-0.25, -0.2) is 9.97 Å². The molecule has 3 aromatic heterocycles. The number of nitrogens with zero attached hydrogens (tertiary/aromatic N) is 5. The largest absolute Gasteiger partial charge is 0.360 e. The van der Waals surface area contributed by atoms with Gasteiger partial charge in [-0.05, 0) is 18.6 Å². The fraction of sp³-hybridized carbons (Fsp3) is 0.273. The Bertz CT molecular complexity index is 1200. The molecule has 31 heavy (non-hydrogen) atoms. The zero-order valence-corrected chi connectivity index (χ0v) is 17.9. The summed E-state index contributed by atoms with van der Waals surface area (Å²) in [7, 11) is 0. The number of carbonyl (C=O) groups is 1. The van der Waals surface area contributed by atoms with E-state index in [4.69, 9.17) is 4.52 Å². The Balaban J connectivity index is 1.25. The number of hydrogen-bond acceptors (Lipinski definition) is 8. The van der Waals surface area contributed by atoms with Crippen molar-refractivity contribution < 1.29 is 9.32 Å². The topological polar surface area (TPSA) is 87.4 Å². The molecule has 0 spiro atoms. The average Bonchev–Trinajstić information content (AvgIpc) is 3.40. The van der Waals surface area contributed by atoms with Crippen molar-refractivity contribution in [1.82, 2.24) is 20.0 Å². The van der Waals surface area contributed by atoms with Gasteiger partial charge >= 0.3 is 0 Å². The van der Waals surface area contributed by atoms with E-state index in [1.165, 1.54) is 10.4 Å².